The van der Waals surface area contributed by atoms with Crippen molar-refractivity contribution in [3.63, 3.8) is 0 Å². The lowest BCUT2D eigenvalue weighted by atomic mass is 9.83. The van der Waals surface area contributed by atoms with Gasteiger partial charge in [0.05, 0.1) is 11.1 Å². The third kappa shape index (κ3) is 4.41. The molecule has 21 heavy (non-hydrogen) atoms. The maximum atomic E-state index is 14.1. The van der Waals surface area contributed by atoms with Crippen LogP contribution in [0.3, 0.4) is 0 Å². The molecule has 1 aliphatic rings. The molecule has 4 heteroatoms. The lowest BCUT2D eigenvalue weighted by Gasteiger charge is -2.26. The summed E-state index contributed by atoms with van der Waals surface area (Å²) in [5.41, 5.74) is 6.20. The monoisotopic (exact) mass is 313 g/mol. The zero-order chi connectivity index (χ0) is 15.2. The van der Waals surface area contributed by atoms with Crippen molar-refractivity contribution < 1.29 is 9.50 Å². The highest BCUT2D eigenvalue weighted by atomic mass is 35.5. The van der Waals surface area contributed by atoms with Crippen molar-refractivity contribution in [2.24, 2.45) is 11.7 Å². The van der Waals surface area contributed by atoms with Gasteiger partial charge in [-0.1, -0.05) is 55.8 Å². The summed E-state index contributed by atoms with van der Waals surface area (Å²) >= 11 is 5.82. The van der Waals surface area contributed by atoms with Crippen LogP contribution >= 0.6 is 11.6 Å². The third-order valence-corrected chi connectivity index (χ3v) is 4.99. The number of hydrogen-bond donors (Lipinski definition) is 2. The van der Waals surface area contributed by atoms with Crippen LogP contribution in [0.5, 0.6) is 0 Å². The van der Waals surface area contributed by atoms with Crippen LogP contribution in [-0.4, -0.2) is 17.8 Å². The molecule has 0 amide bonds. The van der Waals surface area contributed by atoms with E-state index in [0.29, 0.717) is 17.9 Å². The van der Waals surface area contributed by atoms with E-state index in [0.717, 1.165) is 6.42 Å². The van der Waals surface area contributed by atoms with Gasteiger partial charge in [-0.3, -0.25) is 0 Å². The molecule has 1 aromatic rings. The first-order chi connectivity index (χ1) is 10.1. The van der Waals surface area contributed by atoms with E-state index in [1.54, 1.807) is 12.1 Å². The molecule has 0 aliphatic heterocycles. The molecule has 0 saturated heterocycles. The first-order valence-corrected chi connectivity index (χ1v) is 8.33. The molecule has 0 bridgehead atoms. The standard InChI is InChI=1S/C17H25ClFNO/c18-15-8-4-7-13(17(15)19)14(11-20)16(21)10-9-12-5-2-1-3-6-12/h4,7-8,12,14,16,21H,1-3,5-6,9-11,20H2. The highest BCUT2D eigenvalue weighted by Gasteiger charge is 2.25. The van der Waals surface area contributed by atoms with Crippen molar-refractivity contribution >= 4 is 11.6 Å². The van der Waals surface area contributed by atoms with Crippen LogP contribution in [-0.2, 0) is 0 Å². The quantitative estimate of drug-likeness (QED) is 0.825. The lowest BCUT2D eigenvalue weighted by molar-refractivity contribution is 0.122. The minimum absolute atomic E-state index is 0.0884. The second-order valence-electron chi connectivity index (χ2n) is 6.13. The predicted octanol–water partition coefficient (Wildman–Crippen LogP) is 4.24. The molecule has 3 N–H and O–H groups in total. The smallest absolute Gasteiger partial charge is 0.145 e. The largest absolute Gasteiger partial charge is 0.392 e. The van der Waals surface area contributed by atoms with Gasteiger partial charge in [0, 0.05) is 12.5 Å². The van der Waals surface area contributed by atoms with Crippen LogP contribution in [0, 0.1) is 11.7 Å². The predicted molar refractivity (Wildman–Crippen MR) is 85.0 cm³/mol. The van der Waals surface area contributed by atoms with Crippen molar-refractivity contribution in [3.05, 3.63) is 34.6 Å². The molecular weight excluding hydrogens is 289 g/mol. The fourth-order valence-corrected chi connectivity index (χ4v) is 3.56. The Bertz CT molecular complexity index is 448. The number of aliphatic hydroxyl groups excluding tert-OH is 1. The van der Waals surface area contributed by atoms with E-state index in [1.807, 2.05) is 0 Å². The van der Waals surface area contributed by atoms with E-state index in [-0.39, 0.29) is 17.5 Å². The van der Waals surface area contributed by atoms with Gasteiger partial charge in [0.15, 0.2) is 0 Å². The van der Waals surface area contributed by atoms with E-state index in [1.165, 1.54) is 38.2 Å². The highest BCUT2D eigenvalue weighted by molar-refractivity contribution is 6.30. The Morgan fingerprint density at radius 2 is 2.00 bits per heavy atom. The minimum atomic E-state index is -0.607. The van der Waals surface area contributed by atoms with Crippen LogP contribution < -0.4 is 5.73 Å². The van der Waals surface area contributed by atoms with Gasteiger partial charge in [0.25, 0.3) is 0 Å². The van der Waals surface area contributed by atoms with Crippen molar-refractivity contribution in [1.82, 2.24) is 0 Å². The fourth-order valence-electron chi connectivity index (χ4n) is 3.38. The SMILES string of the molecule is NCC(c1cccc(Cl)c1F)C(O)CCC1CCCCC1. The summed E-state index contributed by atoms with van der Waals surface area (Å²) in [6, 6.07) is 4.89. The van der Waals surface area contributed by atoms with Crippen LogP contribution in [0.2, 0.25) is 5.02 Å². The molecule has 0 spiro atoms. The van der Waals surface area contributed by atoms with Crippen molar-refractivity contribution in [1.29, 1.82) is 0 Å². The van der Waals surface area contributed by atoms with Gasteiger partial charge >= 0.3 is 0 Å². The number of rotatable bonds is 6. The van der Waals surface area contributed by atoms with Crippen molar-refractivity contribution in [2.45, 2.75) is 57.0 Å². The minimum Gasteiger partial charge on any atom is -0.392 e. The summed E-state index contributed by atoms with van der Waals surface area (Å²) < 4.78 is 14.1. The lowest BCUT2D eigenvalue weighted by Crippen LogP contribution is -2.27. The third-order valence-electron chi connectivity index (χ3n) is 4.69. The fraction of sp³-hybridized carbons (Fsp3) is 0.647. The number of aliphatic hydroxyl groups is 1. The summed E-state index contributed by atoms with van der Waals surface area (Å²) in [6.45, 7) is 0.225. The van der Waals surface area contributed by atoms with Gasteiger partial charge < -0.3 is 10.8 Å². The Labute approximate surface area is 131 Å². The van der Waals surface area contributed by atoms with Crippen LogP contribution in [0.4, 0.5) is 4.39 Å². The molecule has 2 unspecified atom stereocenters. The van der Waals surface area contributed by atoms with Gasteiger partial charge in [0.1, 0.15) is 5.82 Å². The molecule has 118 valence electrons. The molecule has 0 heterocycles. The average Bonchev–Trinajstić information content (AvgIpc) is 2.51. The van der Waals surface area contributed by atoms with Gasteiger partial charge in [-0.25, -0.2) is 4.39 Å². The number of benzene rings is 1. The summed E-state index contributed by atoms with van der Waals surface area (Å²) in [4.78, 5) is 0. The van der Waals surface area contributed by atoms with Crippen molar-refractivity contribution in [3.8, 4) is 0 Å². The summed E-state index contributed by atoms with van der Waals surface area (Å²) in [7, 11) is 0. The molecule has 1 aromatic carbocycles. The van der Waals surface area contributed by atoms with Crippen LogP contribution in [0.25, 0.3) is 0 Å². The summed E-state index contributed by atoms with van der Waals surface area (Å²) in [6.07, 6.45) is 7.51. The van der Waals surface area contributed by atoms with Gasteiger partial charge in [-0.05, 0) is 30.4 Å². The zero-order valence-electron chi connectivity index (χ0n) is 12.4. The first-order valence-electron chi connectivity index (χ1n) is 7.95. The molecule has 1 fully saturated rings. The molecule has 1 saturated carbocycles. The first kappa shape index (κ1) is 16.7. The second-order valence-corrected chi connectivity index (χ2v) is 6.54. The van der Waals surface area contributed by atoms with E-state index in [9.17, 15) is 9.50 Å². The average molecular weight is 314 g/mol. The highest BCUT2D eigenvalue weighted by Crippen LogP contribution is 2.32. The van der Waals surface area contributed by atoms with Gasteiger partial charge in [0.2, 0.25) is 0 Å². The molecule has 2 rings (SSSR count). The molecule has 2 atom stereocenters. The molecule has 0 aromatic heterocycles. The zero-order valence-corrected chi connectivity index (χ0v) is 13.2. The number of hydrogen-bond acceptors (Lipinski definition) is 2. The Morgan fingerprint density at radius 1 is 1.29 bits per heavy atom. The van der Waals surface area contributed by atoms with Crippen LogP contribution in [0.15, 0.2) is 18.2 Å². The van der Waals surface area contributed by atoms with E-state index in [2.05, 4.69) is 0 Å². The van der Waals surface area contributed by atoms with Gasteiger partial charge in [-0.2, -0.15) is 0 Å². The Kier molecular flexibility index (Phi) is 6.46. The van der Waals surface area contributed by atoms with Crippen molar-refractivity contribution in [2.75, 3.05) is 6.54 Å². The summed E-state index contributed by atoms with van der Waals surface area (Å²) in [5, 5.41) is 10.5. The number of halogens is 2. The molecule has 0 radical (unpaired) electrons. The van der Waals surface area contributed by atoms with E-state index < -0.39 is 11.9 Å². The van der Waals surface area contributed by atoms with Gasteiger partial charge in [-0.15, -0.1) is 0 Å². The van der Waals surface area contributed by atoms with E-state index in [4.69, 9.17) is 17.3 Å². The van der Waals surface area contributed by atoms with E-state index >= 15 is 0 Å². The Morgan fingerprint density at radius 3 is 2.67 bits per heavy atom. The Hall–Kier alpha value is -0.640. The molecular formula is C17H25ClFNO. The maximum Gasteiger partial charge on any atom is 0.145 e. The maximum absolute atomic E-state index is 14.1. The normalized spacial score (nSPS) is 19.4. The molecule has 1 aliphatic carbocycles. The molecule has 2 nitrogen and oxygen atoms in total. The second kappa shape index (κ2) is 8.11. The topological polar surface area (TPSA) is 46.2 Å². The summed E-state index contributed by atoms with van der Waals surface area (Å²) in [5.74, 6) is -0.130. The number of nitrogens with two attached hydrogens (primary N) is 1. The Balaban J connectivity index is 1.97. The van der Waals surface area contributed by atoms with Crippen LogP contribution in [0.1, 0.15) is 56.4 Å².